The third kappa shape index (κ3) is 6.40. The fourth-order valence-electron chi connectivity index (χ4n) is 0.351. The van der Waals surface area contributed by atoms with Gasteiger partial charge in [-0.3, -0.25) is 0 Å². The van der Waals surface area contributed by atoms with E-state index in [4.69, 9.17) is 0 Å². The van der Waals surface area contributed by atoms with E-state index in [-0.39, 0.29) is 0 Å². The summed E-state index contributed by atoms with van der Waals surface area (Å²) in [6, 6.07) is 0. The van der Waals surface area contributed by atoms with Crippen molar-refractivity contribution in [1.29, 1.82) is 0 Å². The molecular weight excluding hydrogens is 184 g/mol. The van der Waals surface area contributed by atoms with E-state index in [1.807, 2.05) is 0 Å². The van der Waals surface area contributed by atoms with E-state index < -0.39 is 24.2 Å². The average Bonchev–Trinajstić information content (AvgIpc) is 1.69. The molecule has 0 saturated heterocycles. The Morgan fingerprint density at radius 1 is 1.00 bits per heavy atom. The zero-order valence-electron chi connectivity index (χ0n) is 5.02. The van der Waals surface area contributed by atoms with Gasteiger partial charge in [0.2, 0.25) is 0 Å². The summed E-state index contributed by atoms with van der Waals surface area (Å²) in [5, 5.41) is 0. The molecule has 1 heteroatoms. The van der Waals surface area contributed by atoms with Crippen LogP contribution in [0.15, 0.2) is 19.4 Å². The van der Waals surface area contributed by atoms with Gasteiger partial charge in [0, 0.05) is 0 Å². The molecule has 0 aromatic rings. The fraction of sp³-hybridized carbons (Fsp3) is 0.333. The predicted molar refractivity (Wildman–Crippen MR) is 29.6 cm³/mol. The van der Waals surface area contributed by atoms with Crippen molar-refractivity contribution >= 4 is 0 Å². The first-order chi connectivity index (χ1) is 3.41. The molecule has 0 amide bonds. The van der Waals surface area contributed by atoms with E-state index in [2.05, 4.69) is 33.3 Å². The summed E-state index contributed by atoms with van der Waals surface area (Å²) < 4.78 is 4.67. The van der Waals surface area contributed by atoms with Crippen molar-refractivity contribution in [2.45, 2.75) is 13.8 Å². The minimum atomic E-state index is -0.475. The molecule has 0 saturated carbocycles. The van der Waals surface area contributed by atoms with Crippen LogP contribution < -0.4 is 0 Å². The summed E-state index contributed by atoms with van der Waals surface area (Å²) in [4.78, 5) is 0. The molecule has 0 aliphatic rings. The average molecular weight is 195 g/mol. The van der Waals surface area contributed by atoms with E-state index in [1.54, 1.807) is 0 Å². The molecule has 0 radical (unpaired) electrons. The summed E-state index contributed by atoms with van der Waals surface area (Å²) in [6.45, 7) is 4.17. The Kier molecular flexibility index (Phi) is 6.77. The molecule has 0 spiro atoms. The van der Waals surface area contributed by atoms with E-state index in [0.717, 1.165) is 0 Å². The van der Waals surface area contributed by atoms with Crippen molar-refractivity contribution in [3.05, 3.63) is 19.4 Å². The van der Waals surface area contributed by atoms with E-state index in [1.165, 1.54) is 0 Å². The molecule has 7 heavy (non-hydrogen) atoms. The Bertz CT molecular complexity index is 62.2. The monoisotopic (exact) mass is 196 g/mol. The van der Waals surface area contributed by atoms with Gasteiger partial charge >= 0.3 is 57.5 Å². The van der Waals surface area contributed by atoms with Crippen molar-refractivity contribution < 1.29 is 24.2 Å². The SMILES string of the molecule is C/C=[CH]\[Cd]/[CH]=C\C. The summed E-state index contributed by atoms with van der Waals surface area (Å²) in [5.74, 6) is 0. The molecule has 36 valence electrons. The van der Waals surface area contributed by atoms with Crippen LogP contribution in [0.5, 0.6) is 0 Å². The van der Waals surface area contributed by atoms with Crippen LogP contribution in [0.25, 0.3) is 0 Å². The molecule has 0 bridgehead atoms. The second-order valence-electron chi connectivity index (χ2n) is 1.37. The van der Waals surface area contributed by atoms with Gasteiger partial charge in [0.1, 0.15) is 0 Å². The summed E-state index contributed by atoms with van der Waals surface area (Å²) in [7, 11) is 0. The van der Waals surface area contributed by atoms with Crippen LogP contribution >= 0.6 is 0 Å². The van der Waals surface area contributed by atoms with Crippen molar-refractivity contribution in [2.24, 2.45) is 0 Å². The Balaban J connectivity index is 2.98. The number of rotatable bonds is 2. The summed E-state index contributed by atoms with van der Waals surface area (Å²) in [5.41, 5.74) is 0. The van der Waals surface area contributed by atoms with Gasteiger partial charge in [0.25, 0.3) is 0 Å². The molecule has 0 atom stereocenters. The van der Waals surface area contributed by atoms with Crippen LogP contribution in [0.1, 0.15) is 13.8 Å². The predicted octanol–water partition coefficient (Wildman–Crippen LogP) is 2.14. The molecule has 0 aliphatic carbocycles. The first kappa shape index (κ1) is 7.40. The van der Waals surface area contributed by atoms with Gasteiger partial charge in [0.05, 0.1) is 0 Å². The van der Waals surface area contributed by atoms with Crippen LogP contribution in [0.2, 0.25) is 0 Å². The second-order valence-corrected chi connectivity index (χ2v) is 5.41. The standard InChI is InChI=1S/2C3H5.Cd/c2*1-3-2;/h2*1,3H,2H3;. The third-order valence-electron chi connectivity index (χ3n) is 0.744. The Labute approximate surface area is 57.5 Å². The molecule has 0 heterocycles. The fourth-order valence-corrected chi connectivity index (χ4v) is 2.35. The number of hydrogen-bond acceptors (Lipinski definition) is 0. The molecule has 0 aromatic heterocycles. The Morgan fingerprint density at radius 3 is 1.71 bits per heavy atom. The Hall–Kier alpha value is 0.402. The number of allylic oxidation sites excluding steroid dienone is 2. The maximum atomic E-state index is 2.34. The third-order valence-corrected chi connectivity index (χ3v) is 4.99. The molecule has 0 nitrogen and oxygen atoms in total. The quantitative estimate of drug-likeness (QED) is 0.591. The maximum absolute atomic E-state index is 2.34. The number of hydrogen-bond donors (Lipinski definition) is 0. The van der Waals surface area contributed by atoms with E-state index >= 15 is 0 Å². The molecule has 0 aliphatic heterocycles. The van der Waals surface area contributed by atoms with Crippen molar-refractivity contribution in [1.82, 2.24) is 0 Å². The zero-order valence-corrected chi connectivity index (χ0v) is 9.05. The van der Waals surface area contributed by atoms with Gasteiger partial charge in [-0.05, 0) is 0 Å². The van der Waals surface area contributed by atoms with Crippen LogP contribution in [-0.4, -0.2) is 0 Å². The van der Waals surface area contributed by atoms with Gasteiger partial charge < -0.3 is 0 Å². The van der Waals surface area contributed by atoms with Crippen LogP contribution in [0.3, 0.4) is 0 Å². The molecule has 0 fully saturated rings. The molecular formula is C6H10Cd. The topological polar surface area (TPSA) is 0 Å². The molecule has 0 rings (SSSR count). The van der Waals surface area contributed by atoms with Crippen LogP contribution in [0, 0.1) is 0 Å². The Morgan fingerprint density at radius 2 is 1.43 bits per heavy atom. The van der Waals surface area contributed by atoms with Gasteiger partial charge in [-0.25, -0.2) is 0 Å². The molecule has 0 N–H and O–H groups in total. The van der Waals surface area contributed by atoms with E-state index in [0.29, 0.717) is 0 Å². The van der Waals surface area contributed by atoms with Crippen LogP contribution in [0.4, 0.5) is 0 Å². The first-order valence-electron chi connectivity index (χ1n) is 2.64. The van der Waals surface area contributed by atoms with Crippen LogP contribution in [-0.2, 0) is 24.2 Å². The van der Waals surface area contributed by atoms with Gasteiger partial charge in [-0.15, -0.1) is 0 Å². The van der Waals surface area contributed by atoms with Gasteiger partial charge in [-0.1, -0.05) is 0 Å². The second kappa shape index (κ2) is 6.40. The molecule has 0 unspecified atom stereocenters. The minimum absolute atomic E-state index is 0.475. The normalized spacial score (nSPS) is 10.6. The van der Waals surface area contributed by atoms with E-state index in [9.17, 15) is 0 Å². The zero-order chi connectivity index (χ0) is 5.54. The van der Waals surface area contributed by atoms with Crippen molar-refractivity contribution in [3.8, 4) is 0 Å². The summed E-state index contributed by atoms with van der Waals surface area (Å²) >= 11 is -0.475. The summed E-state index contributed by atoms with van der Waals surface area (Å²) in [6.07, 6.45) is 4.30. The van der Waals surface area contributed by atoms with Crippen molar-refractivity contribution in [3.63, 3.8) is 0 Å². The van der Waals surface area contributed by atoms with Gasteiger partial charge in [-0.2, -0.15) is 0 Å². The molecule has 0 aromatic carbocycles. The van der Waals surface area contributed by atoms with Crippen molar-refractivity contribution in [2.75, 3.05) is 0 Å². The van der Waals surface area contributed by atoms with Gasteiger partial charge in [0.15, 0.2) is 0 Å². The first-order valence-corrected chi connectivity index (χ1v) is 7.30.